The smallest absolute Gasteiger partial charge is 0.320 e. The first kappa shape index (κ1) is 15.1. The Morgan fingerprint density at radius 1 is 0.810 bits per heavy atom. The molecule has 4 nitrogen and oxygen atoms in total. The Morgan fingerprint density at radius 2 is 1.48 bits per heavy atom. The van der Waals surface area contributed by atoms with Gasteiger partial charge in [0.25, 0.3) is 0 Å². The fourth-order valence-corrected chi connectivity index (χ4v) is 4.50. The third-order valence-electron chi connectivity index (χ3n) is 5.70. The predicted octanol–water partition coefficient (Wildman–Crippen LogP) is 3.00. The number of aliphatic hydroxyl groups excluding tert-OH is 1. The minimum Gasteiger partial charge on any atom is -0.393 e. The van der Waals surface area contributed by atoms with Crippen LogP contribution in [0, 0.1) is 5.92 Å². The number of likely N-dealkylation sites (tertiary alicyclic amines) is 2. The van der Waals surface area contributed by atoms with Crippen LogP contribution in [0.2, 0.25) is 0 Å². The van der Waals surface area contributed by atoms with Gasteiger partial charge < -0.3 is 14.9 Å². The summed E-state index contributed by atoms with van der Waals surface area (Å²) in [6, 6.07) is 0.528. The third kappa shape index (κ3) is 3.36. The quantitative estimate of drug-likeness (QED) is 0.808. The summed E-state index contributed by atoms with van der Waals surface area (Å²) in [4.78, 5) is 17.1. The molecule has 3 fully saturated rings. The molecule has 3 aliphatic rings. The van der Waals surface area contributed by atoms with Crippen LogP contribution in [0.1, 0.15) is 64.2 Å². The van der Waals surface area contributed by atoms with Gasteiger partial charge >= 0.3 is 6.03 Å². The van der Waals surface area contributed by atoms with Gasteiger partial charge in [-0.15, -0.1) is 0 Å². The van der Waals surface area contributed by atoms with Crippen molar-refractivity contribution in [2.24, 2.45) is 5.92 Å². The molecule has 3 unspecified atom stereocenters. The Kier molecular flexibility index (Phi) is 5.04. The van der Waals surface area contributed by atoms with Gasteiger partial charge in [0.15, 0.2) is 0 Å². The molecule has 2 amide bonds. The Balaban J connectivity index is 1.69. The first-order valence-corrected chi connectivity index (χ1v) is 9.01. The van der Waals surface area contributed by atoms with Crippen LogP contribution in [0.15, 0.2) is 0 Å². The molecule has 21 heavy (non-hydrogen) atoms. The summed E-state index contributed by atoms with van der Waals surface area (Å²) in [6.45, 7) is 2.74. The highest BCUT2D eigenvalue weighted by molar-refractivity contribution is 5.75. The first-order valence-electron chi connectivity index (χ1n) is 9.01. The molecule has 120 valence electrons. The second-order valence-electron chi connectivity index (χ2n) is 7.10. The van der Waals surface area contributed by atoms with E-state index >= 15 is 0 Å². The molecule has 2 aliphatic heterocycles. The number of hydrogen-bond acceptors (Lipinski definition) is 2. The molecule has 2 heterocycles. The molecule has 2 saturated heterocycles. The number of aliphatic hydroxyl groups is 1. The highest BCUT2D eigenvalue weighted by Gasteiger charge is 2.38. The molecule has 0 aromatic carbocycles. The summed E-state index contributed by atoms with van der Waals surface area (Å²) in [6.07, 6.45) is 11.1. The minimum atomic E-state index is -0.196. The molecule has 3 atom stereocenters. The van der Waals surface area contributed by atoms with Gasteiger partial charge in [0.2, 0.25) is 0 Å². The lowest BCUT2D eigenvalue weighted by Gasteiger charge is -2.45. The van der Waals surface area contributed by atoms with Crippen molar-refractivity contribution in [3.05, 3.63) is 0 Å². The monoisotopic (exact) mass is 294 g/mol. The molecule has 0 aromatic rings. The zero-order valence-corrected chi connectivity index (χ0v) is 13.2. The van der Waals surface area contributed by atoms with E-state index in [1.807, 2.05) is 0 Å². The van der Waals surface area contributed by atoms with Crippen molar-refractivity contribution in [1.29, 1.82) is 0 Å². The van der Waals surface area contributed by atoms with E-state index in [0.29, 0.717) is 5.92 Å². The van der Waals surface area contributed by atoms with Crippen LogP contribution in [0.3, 0.4) is 0 Å². The lowest BCUT2D eigenvalue weighted by Crippen LogP contribution is -2.55. The first-order chi connectivity index (χ1) is 10.3. The van der Waals surface area contributed by atoms with Crippen molar-refractivity contribution in [3.8, 4) is 0 Å². The molecular formula is C17H30N2O2. The van der Waals surface area contributed by atoms with Crippen LogP contribution < -0.4 is 0 Å². The van der Waals surface area contributed by atoms with Crippen molar-refractivity contribution in [2.75, 3.05) is 19.6 Å². The molecule has 3 rings (SSSR count). The summed E-state index contributed by atoms with van der Waals surface area (Å²) in [5.74, 6) is 0.313. The summed E-state index contributed by atoms with van der Waals surface area (Å²) in [5.41, 5.74) is 0. The molecule has 0 radical (unpaired) electrons. The number of urea groups is 1. The summed E-state index contributed by atoms with van der Waals surface area (Å²) >= 11 is 0. The number of nitrogens with zero attached hydrogens (tertiary/aromatic N) is 2. The molecule has 1 N–H and O–H groups in total. The SMILES string of the molecule is O=C(N1CCCCC1)N1CCCCC1C1CCCCC1O. The molecule has 4 heteroatoms. The maximum absolute atomic E-state index is 12.9. The molecule has 1 aliphatic carbocycles. The van der Waals surface area contributed by atoms with Crippen LogP contribution in [0.5, 0.6) is 0 Å². The van der Waals surface area contributed by atoms with Crippen molar-refractivity contribution in [1.82, 2.24) is 9.80 Å². The van der Waals surface area contributed by atoms with Gasteiger partial charge in [0.05, 0.1) is 6.10 Å². The fraction of sp³-hybridized carbons (Fsp3) is 0.941. The maximum atomic E-state index is 12.9. The van der Waals surface area contributed by atoms with E-state index in [1.54, 1.807) is 0 Å². The van der Waals surface area contributed by atoms with Gasteiger partial charge in [-0.3, -0.25) is 0 Å². The van der Waals surface area contributed by atoms with Gasteiger partial charge in [-0.25, -0.2) is 4.79 Å². The van der Waals surface area contributed by atoms with E-state index in [0.717, 1.165) is 64.6 Å². The lowest BCUT2D eigenvalue weighted by molar-refractivity contribution is 0.00199. The standard InChI is InChI=1S/C17H30N2O2/c20-16-10-3-2-8-14(16)15-9-4-7-13-19(15)17(21)18-11-5-1-6-12-18/h14-16,20H,1-13H2. The molecule has 0 spiro atoms. The number of carbonyl (C=O) groups excluding carboxylic acids is 1. The average Bonchev–Trinajstić information content (AvgIpc) is 2.55. The van der Waals surface area contributed by atoms with Crippen molar-refractivity contribution >= 4 is 6.03 Å². The van der Waals surface area contributed by atoms with Gasteiger partial charge in [-0.1, -0.05) is 12.8 Å². The van der Waals surface area contributed by atoms with E-state index < -0.39 is 0 Å². The van der Waals surface area contributed by atoms with Gasteiger partial charge in [-0.2, -0.15) is 0 Å². The summed E-state index contributed by atoms with van der Waals surface area (Å²) in [5, 5.41) is 10.4. The largest absolute Gasteiger partial charge is 0.393 e. The van der Waals surface area contributed by atoms with E-state index in [-0.39, 0.29) is 18.2 Å². The average molecular weight is 294 g/mol. The second kappa shape index (κ2) is 6.99. The van der Waals surface area contributed by atoms with Crippen LogP contribution in [0.4, 0.5) is 4.79 Å². The van der Waals surface area contributed by atoms with Crippen molar-refractivity contribution in [3.63, 3.8) is 0 Å². The summed E-state index contributed by atoms with van der Waals surface area (Å²) in [7, 11) is 0. The van der Waals surface area contributed by atoms with Gasteiger partial charge in [0.1, 0.15) is 0 Å². The predicted molar refractivity (Wildman–Crippen MR) is 83.1 cm³/mol. The zero-order valence-electron chi connectivity index (χ0n) is 13.2. The van der Waals surface area contributed by atoms with Gasteiger partial charge in [-0.05, 0) is 51.4 Å². The van der Waals surface area contributed by atoms with Gasteiger partial charge in [0, 0.05) is 31.6 Å². The normalized spacial score (nSPS) is 34.8. The van der Waals surface area contributed by atoms with Crippen molar-refractivity contribution < 1.29 is 9.90 Å². The van der Waals surface area contributed by atoms with Crippen molar-refractivity contribution in [2.45, 2.75) is 76.4 Å². The van der Waals surface area contributed by atoms with E-state index in [1.165, 1.54) is 19.3 Å². The number of carbonyl (C=O) groups is 1. The van der Waals surface area contributed by atoms with Crippen LogP contribution >= 0.6 is 0 Å². The maximum Gasteiger partial charge on any atom is 0.320 e. The Bertz CT molecular complexity index is 355. The van der Waals surface area contributed by atoms with Crippen LogP contribution in [-0.2, 0) is 0 Å². The number of amides is 2. The number of hydrogen-bond donors (Lipinski definition) is 1. The molecular weight excluding hydrogens is 264 g/mol. The Morgan fingerprint density at radius 3 is 2.24 bits per heavy atom. The highest BCUT2D eigenvalue weighted by Crippen LogP contribution is 2.34. The van der Waals surface area contributed by atoms with Crippen LogP contribution in [0.25, 0.3) is 0 Å². The number of piperidine rings is 2. The minimum absolute atomic E-state index is 0.196. The molecule has 0 bridgehead atoms. The molecule has 1 saturated carbocycles. The van der Waals surface area contributed by atoms with Crippen LogP contribution in [-0.4, -0.2) is 52.7 Å². The Hall–Kier alpha value is -0.770. The fourth-order valence-electron chi connectivity index (χ4n) is 4.50. The second-order valence-corrected chi connectivity index (χ2v) is 7.10. The summed E-state index contributed by atoms with van der Waals surface area (Å²) < 4.78 is 0. The number of rotatable bonds is 1. The topological polar surface area (TPSA) is 43.8 Å². The van der Waals surface area contributed by atoms with E-state index in [4.69, 9.17) is 0 Å². The third-order valence-corrected chi connectivity index (χ3v) is 5.70. The van der Waals surface area contributed by atoms with E-state index in [9.17, 15) is 9.90 Å². The van der Waals surface area contributed by atoms with E-state index in [2.05, 4.69) is 9.80 Å². The zero-order chi connectivity index (χ0) is 14.7. The lowest BCUT2D eigenvalue weighted by atomic mass is 9.78. The molecule has 0 aromatic heterocycles. The Labute approximate surface area is 128 Å². The highest BCUT2D eigenvalue weighted by atomic mass is 16.3.